The number of halogens is 3. The Balaban J connectivity index is 2.69. The third-order valence-electron chi connectivity index (χ3n) is 2.80. The van der Waals surface area contributed by atoms with Crippen molar-refractivity contribution >= 4 is 11.8 Å². The minimum absolute atomic E-state index is 0.0760. The standard InChI is InChI=1S/C13H19F3N2OS/c1-9(6-7-19)18-12(8-17)10-2-4-11(5-3-10)20-13(14,15)16/h2-5,9,12,18-19H,6-8,17H2,1H3. The monoisotopic (exact) mass is 308 g/mol. The van der Waals surface area contributed by atoms with Gasteiger partial charge in [0.25, 0.3) is 0 Å². The molecule has 1 aromatic carbocycles. The summed E-state index contributed by atoms with van der Waals surface area (Å²) in [4.78, 5) is 0.153. The number of rotatable bonds is 7. The first kappa shape index (κ1) is 17.3. The van der Waals surface area contributed by atoms with Crippen molar-refractivity contribution < 1.29 is 18.3 Å². The molecule has 1 aromatic rings. The Morgan fingerprint density at radius 2 is 1.90 bits per heavy atom. The van der Waals surface area contributed by atoms with E-state index in [0.717, 1.165) is 5.56 Å². The van der Waals surface area contributed by atoms with Crippen LogP contribution in [0.5, 0.6) is 0 Å². The van der Waals surface area contributed by atoms with E-state index in [4.69, 9.17) is 10.8 Å². The first-order chi connectivity index (χ1) is 9.35. The van der Waals surface area contributed by atoms with E-state index >= 15 is 0 Å². The average molecular weight is 308 g/mol. The van der Waals surface area contributed by atoms with E-state index in [2.05, 4.69) is 5.32 Å². The van der Waals surface area contributed by atoms with Crippen molar-refractivity contribution in [3.8, 4) is 0 Å². The summed E-state index contributed by atoms with van der Waals surface area (Å²) >= 11 is -0.134. The van der Waals surface area contributed by atoms with Crippen molar-refractivity contribution in [2.75, 3.05) is 13.2 Å². The van der Waals surface area contributed by atoms with Crippen molar-refractivity contribution in [3.63, 3.8) is 0 Å². The van der Waals surface area contributed by atoms with Crippen LogP contribution in [0.25, 0.3) is 0 Å². The fraction of sp³-hybridized carbons (Fsp3) is 0.538. The lowest BCUT2D eigenvalue weighted by Crippen LogP contribution is -2.35. The van der Waals surface area contributed by atoms with Gasteiger partial charge in [0.15, 0.2) is 0 Å². The molecule has 0 spiro atoms. The molecule has 0 bridgehead atoms. The lowest BCUT2D eigenvalue weighted by atomic mass is 10.1. The van der Waals surface area contributed by atoms with Crippen LogP contribution in [0.3, 0.4) is 0 Å². The SMILES string of the molecule is CC(CCO)NC(CN)c1ccc(SC(F)(F)F)cc1. The summed E-state index contributed by atoms with van der Waals surface area (Å²) in [6.45, 7) is 2.33. The highest BCUT2D eigenvalue weighted by atomic mass is 32.2. The summed E-state index contributed by atoms with van der Waals surface area (Å²) in [5.41, 5.74) is 2.24. The number of aliphatic hydroxyl groups is 1. The number of benzene rings is 1. The van der Waals surface area contributed by atoms with Crippen LogP contribution in [0.1, 0.15) is 24.9 Å². The van der Waals surface area contributed by atoms with Gasteiger partial charge < -0.3 is 16.2 Å². The highest BCUT2D eigenvalue weighted by Gasteiger charge is 2.29. The summed E-state index contributed by atoms with van der Waals surface area (Å²) in [5.74, 6) is 0. The van der Waals surface area contributed by atoms with Crippen LogP contribution in [0.4, 0.5) is 13.2 Å². The molecular weight excluding hydrogens is 289 g/mol. The molecule has 0 amide bonds. The van der Waals surface area contributed by atoms with Crippen LogP contribution in [0.15, 0.2) is 29.2 Å². The van der Waals surface area contributed by atoms with Crippen LogP contribution in [-0.4, -0.2) is 29.8 Å². The molecule has 0 aromatic heterocycles. The molecular formula is C13H19F3N2OS. The normalized spacial score (nSPS) is 15.1. The Labute approximate surface area is 120 Å². The molecule has 20 heavy (non-hydrogen) atoms. The van der Waals surface area contributed by atoms with Gasteiger partial charge >= 0.3 is 5.51 Å². The quantitative estimate of drug-likeness (QED) is 0.678. The van der Waals surface area contributed by atoms with Gasteiger partial charge in [-0.2, -0.15) is 13.2 Å². The number of alkyl halides is 3. The first-order valence-corrected chi connectivity index (χ1v) is 7.10. The fourth-order valence-corrected chi connectivity index (χ4v) is 2.36. The van der Waals surface area contributed by atoms with Gasteiger partial charge in [0.05, 0.1) is 0 Å². The topological polar surface area (TPSA) is 58.3 Å². The van der Waals surface area contributed by atoms with Crippen LogP contribution in [-0.2, 0) is 0 Å². The first-order valence-electron chi connectivity index (χ1n) is 6.28. The van der Waals surface area contributed by atoms with Crippen LogP contribution in [0.2, 0.25) is 0 Å². The molecule has 0 aliphatic heterocycles. The van der Waals surface area contributed by atoms with Gasteiger partial charge in [-0.1, -0.05) is 12.1 Å². The van der Waals surface area contributed by atoms with E-state index in [9.17, 15) is 13.2 Å². The smallest absolute Gasteiger partial charge is 0.396 e. The van der Waals surface area contributed by atoms with Gasteiger partial charge in [0, 0.05) is 30.1 Å². The zero-order chi connectivity index (χ0) is 15.2. The highest BCUT2D eigenvalue weighted by Crippen LogP contribution is 2.36. The van der Waals surface area contributed by atoms with Crippen molar-refractivity contribution in [2.45, 2.75) is 35.8 Å². The molecule has 7 heteroatoms. The molecule has 2 atom stereocenters. The Kier molecular flexibility index (Phi) is 6.81. The minimum atomic E-state index is -4.28. The summed E-state index contributed by atoms with van der Waals surface area (Å²) < 4.78 is 36.7. The maximum Gasteiger partial charge on any atom is 0.446 e. The summed E-state index contributed by atoms with van der Waals surface area (Å²) in [7, 11) is 0. The van der Waals surface area contributed by atoms with E-state index in [-0.39, 0.29) is 35.3 Å². The fourth-order valence-electron chi connectivity index (χ4n) is 1.82. The number of aliphatic hydroxyl groups excluding tert-OH is 1. The predicted octanol–water partition coefficient (Wildman–Crippen LogP) is 2.66. The highest BCUT2D eigenvalue weighted by molar-refractivity contribution is 8.00. The number of hydrogen-bond donors (Lipinski definition) is 3. The number of nitrogens with one attached hydrogen (secondary N) is 1. The van der Waals surface area contributed by atoms with Crippen LogP contribution >= 0.6 is 11.8 Å². The van der Waals surface area contributed by atoms with Gasteiger partial charge in [-0.05, 0) is 42.8 Å². The third kappa shape index (κ3) is 6.13. The van der Waals surface area contributed by atoms with E-state index in [1.165, 1.54) is 12.1 Å². The van der Waals surface area contributed by atoms with Crippen LogP contribution in [0, 0.1) is 0 Å². The third-order valence-corrected chi connectivity index (χ3v) is 3.54. The average Bonchev–Trinajstić information content (AvgIpc) is 2.35. The number of nitrogens with two attached hydrogens (primary N) is 1. The molecule has 0 aliphatic rings. The van der Waals surface area contributed by atoms with E-state index < -0.39 is 5.51 Å². The molecule has 0 heterocycles. The zero-order valence-electron chi connectivity index (χ0n) is 11.2. The lowest BCUT2D eigenvalue weighted by Gasteiger charge is -2.22. The number of hydrogen-bond acceptors (Lipinski definition) is 4. The molecule has 0 saturated heterocycles. The Bertz CT molecular complexity index is 398. The predicted molar refractivity (Wildman–Crippen MR) is 74.4 cm³/mol. The second-order valence-electron chi connectivity index (χ2n) is 4.49. The maximum atomic E-state index is 12.2. The Morgan fingerprint density at radius 1 is 1.30 bits per heavy atom. The second kappa shape index (κ2) is 7.87. The molecule has 0 fully saturated rings. The lowest BCUT2D eigenvalue weighted by molar-refractivity contribution is -0.0328. The van der Waals surface area contributed by atoms with E-state index in [1.807, 2.05) is 6.92 Å². The Morgan fingerprint density at radius 3 is 2.35 bits per heavy atom. The van der Waals surface area contributed by atoms with Gasteiger partial charge in [0.1, 0.15) is 0 Å². The maximum absolute atomic E-state index is 12.2. The summed E-state index contributed by atoms with van der Waals surface area (Å²) in [6.07, 6.45) is 0.596. The van der Waals surface area contributed by atoms with Gasteiger partial charge in [-0.3, -0.25) is 0 Å². The van der Waals surface area contributed by atoms with Crippen molar-refractivity contribution in [1.82, 2.24) is 5.32 Å². The summed E-state index contributed by atoms with van der Waals surface area (Å²) in [5, 5.41) is 12.1. The van der Waals surface area contributed by atoms with Crippen molar-refractivity contribution in [3.05, 3.63) is 29.8 Å². The van der Waals surface area contributed by atoms with E-state index in [0.29, 0.717) is 13.0 Å². The van der Waals surface area contributed by atoms with Crippen LogP contribution < -0.4 is 11.1 Å². The molecule has 0 aliphatic carbocycles. The molecule has 4 N–H and O–H groups in total. The van der Waals surface area contributed by atoms with E-state index in [1.54, 1.807) is 12.1 Å². The molecule has 114 valence electrons. The molecule has 3 nitrogen and oxygen atoms in total. The summed E-state index contributed by atoms with van der Waals surface area (Å²) in [6, 6.07) is 6.11. The number of thioether (sulfide) groups is 1. The van der Waals surface area contributed by atoms with Gasteiger partial charge in [0.2, 0.25) is 0 Å². The molecule has 1 rings (SSSR count). The van der Waals surface area contributed by atoms with Crippen molar-refractivity contribution in [2.24, 2.45) is 5.73 Å². The van der Waals surface area contributed by atoms with Crippen molar-refractivity contribution in [1.29, 1.82) is 0 Å². The molecule has 0 radical (unpaired) electrons. The largest absolute Gasteiger partial charge is 0.446 e. The second-order valence-corrected chi connectivity index (χ2v) is 5.62. The zero-order valence-corrected chi connectivity index (χ0v) is 12.0. The van der Waals surface area contributed by atoms with Gasteiger partial charge in [-0.15, -0.1) is 0 Å². The molecule has 2 unspecified atom stereocenters. The minimum Gasteiger partial charge on any atom is -0.396 e. The Hall–Kier alpha value is -0.760. The molecule has 0 saturated carbocycles. The van der Waals surface area contributed by atoms with Gasteiger partial charge in [-0.25, -0.2) is 0 Å².